The fraction of sp³-hybridized carbons (Fsp3) is 0.647. The van der Waals surface area contributed by atoms with Crippen molar-refractivity contribution in [1.82, 2.24) is 0 Å². The maximum absolute atomic E-state index is 5.43. The van der Waals surface area contributed by atoms with Crippen molar-refractivity contribution >= 4 is 0 Å². The van der Waals surface area contributed by atoms with Crippen LogP contribution in [0.15, 0.2) is 30.3 Å². The first-order chi connectivity index (χ1) is 10.4. The van der Waals surface area contributed by atoms with Gasteiger partial charge in [-0.2, -0.15) is 0 Å². The third-order valence-electron chi connectivity index (χ3n) is 4.99. The topological polar surface area (TPSA) is 22.6 Å². The molecule has 116 valence electrons. The van der Waals surface area contributed by atoms with Crippen LogP contribution in [-0.2, 0) is 11.3 Å². The monoisotopic (exact) mass is 292 g/mol. The summed E-state index contributed by atoms with van der Waals surface area (Å²) in [5, 5.41) is 0. The Bertz CT molecular complexity index is 398. The Balaban J connectivity index is 1.35. The van der Waals surface area contributed by atoms with Crippen molar-refractivity contribution < 1.29 is 19.4 Å². The van der Waals surface area contributed by atoms with Crippen LogP contribution in [0.25, 0.3) is 0 Å². The molecule has 0 bridgehead atoms. The molecule has 1 aromatic carbocycles. The second-order valence-corrected chi connectivity index (χ2v) is 6.52. The Kier molecular flexibility index (Phi) is 5.63. The lowest BCUT2D eigenvalue weighted by molar-refractivity contribution is -1.03. The first-order valence-corrected chi connectivity index (χ1v) is 8.52. The minimum atomic E-state index is 0.958. The maximum atomic E-state index is 5.43. The van der Waals surface area contributed by atoms with Gasteiger partial charge in [-0.1, -0.05) is 30.3 Å². The molecule has 0 aliphatic carbocycles. The van der Waals surface area contributed by atoms with Crippen molar-refractivity contribution in [2.75, 3.05) is 65.6 Å². The summed E-state index contributed by atoms with van der Waals surface area (Å²) in [6.45, 7) is 13.5. The number of rotatable bonds is 5. The lowest BCUT2D eigenvalue weighted by Crippen LogP contribution is -3.29. The van der Waals surface area contributed by atoms with Gasteiger partial charge in [0.1, 0.15) is 58.9 Å². The van der Waals surface area contributed by atoms with Crippen LogP contribution in [0.1, 0.15) is 5.56 Å². The quantitative estimate of drug-likeness (QED) is 0.525. The lowest BCUT2D eigenvalue weighted by Gasteiger charge is -2.31. The van der Waals surface area contributed by atoms with E-state index in [1.54, 1.807) is 9.80 Å². The lowest BCUT2D eigenvalue weighted by atomic mass is 10.2. The average molecular weight is 292 g/mol. The number of benzene rings is 1. The molecule has 3 N–H and O–H groups in total. The van der Waals surface area contributed by atoms with E-state index in [-0.39, 0.29) is 0 Å². The molecule has 4 nitrogen and oxygen atoms in total. The zero-order valence-electron chi connectivity index (χ0n) is 13.1. The number of hydrogen-bond donors (Lipinski definition) is 3. The van der Waals surface area contributed by atoms with E-state index in [1.165, 1.54) is 64.5 Å². The molecule has 0 unspecified atom stereocenters. The second-order valence-electron chi connectivity index (χ2n) is 6.52. The van der Waals surface area contributed by atoms with E-state index in [0.29, 0.717) is 0 Å². The van der Waals surface area contributed by atoms with Crippen LogP contribution in [-0.4, -0.2) is 65.6 Å². The van der Waals surface area contributed by atoms with Crippen molar-refractivity contribution in [3.05, 3.63) is 35.9 Å². The van der Waals surface area contributed by atoms with Gasteiger partial charge in [0, 0.05) is 5.56 Å². The van der Waals surface area contributed by atoms with Crippen molar-refractivity contribution in [2.24, 2.45) is 0 Å². The number of morpholine rings is 1. The summed E-state index contributed by atoms with van der Waals surface area (Å²) in [5.74, 6) is 0. The van der Waals surface area contributed by atoms with E-state index in [1.807, 2.05) is 4.90 Å². The van der Waals surface area contributed by atoms with Gasteiger partial charge in [-0.3, -0.25) is 0 Å². The van der Waals surface area contributed by atoms with Crippen LogP contribution in [0, 0.1) is 0 Å². The molecule has 1 aromatic rings. The molecule has 2 aliphatic heterocycles. The molecule has 2 fully saturated rings. The van der Waals surface area contributed by atoms with Crippen LogP contribution in [0.5, 0.6) is 0 Å². The van der Waals surface area contributed by atoms with E-state index in [0.717, 1.165) is 13.2 Å². The van der Waals surface area contributed by atoms with Crippen molar-refractivity contribution in [3.63, 3.8) is 0 Å². The average Bonchev–Trinajstić information content (AvgIpc) is 2.56. The zero-order valence-corrected chi connectivity index (χ0v) is 13.1. The Morgan fingerprint density at radius 2 is 1.29 bits per heavy atom. The minimum Gasteiger partial charge on any atom is -0.370 e. The Labute approximate surface area is 128 Å². The fourth-order valence-corrected chi connectivity index (χ4v) is 3.53. The molecule has 3 rings (SSSR count). The van der Waals surface area contributed by atoms with Crippen LogP contribution in [0.2, 0.25) is 0 Å². The molecule has 2 heterocycles. The van der Waals surface area contributed by atoms with Crippen molar-refractivity contribution in [3.8, 4) is 0 Å². The number of nitrogens with one attached hydrogen (secondary N) is 3. The summed E-state index contributed by atoms with van der Waals surface area (Å²) in [6, 6.07) is 10.9. The molecular weight excluding hydrogens is 262 g/mol. The second kappa shape index (κ2) is 7.90. The summed E-state index contributed by atoms with van der Waals surface area (Å²) < 4.78 is 5.43. The number of hydrogen-bond acceptors (Lipinski definition) is 1. The van der Waals surface area contributed by atoms with Gasteiger partial charge in [0.25, 0.3) is 0 Å². The molecule has 4 heteroatoms. The maximum Gasteiger partial charge on any atom is 0.127 e. The first kappa shape index (κ1) is 15.0. The zero-order chi connectivity index (χ0) is 14.3. The van der Waals surface area contributed by atoms with Gasteiger partial charge in [-0.15, -0.1) is 0 Å². The van der Waals surface area contributed by atoms with Gasteiger partial charge in [0.2, 0.25) is 0 Å². The van der Waals surface area contributed by atoms with Gasteiger partial charge in [0.05, 0.1) is 13.2 Å². The predicted molar refractivity (Wildman–Crippen MR) is 82.8 cm³/mol. The van der Waals surface area contributed by atoms with Crippen molar-refractivity contribution in [1.29, 1.82) is 0 Å². The standard InChI is InChI=1S/C17H27N3O/c1-2-4-17(5-3-1)16-20-10-8-18(9-11-20)6-7-19-12-14-21-15-13-19/h1-5H,6-16H2/p+3. The molecule has 0 aromatic heterocycles. The summed E-state index contributed by atoms with van der Waals surface area (Å²) in [5.41, 5.74) is 1.48. The third-order valence-corrected chi connectivity index (χ3v) is 4.99. The van der Waals surface area contributed by atoms with Crippen molar-refractivity contribution in [2.45, 2.75) is 6.54 Å². The molecule has 0 spiro atoms. The van der Waals surface area contributed by atoms with E-state index in [2.05, 4.69) is 30.3 Å². The number of piperazine rings is 1. The molecule has 2 aliphatic rings. The SMILES string of the molecule is c1ccc(C[NH+]2CC[NH+](CC[NH+]3CCOCC3)CC2)cc1. The van der Waals surface area contributed by atoms with Crippen LogP contribution in [0.3, 0.4) is 0 Å². The highest BCUT2D eigenvalue weighted by molar-refractivity contribution is 5.13. The Morgan fingerprint density at radius 1 is 0.714 bits per heavy atom. The highest BCUT2D eigenvalue weighted by Crippen LogP contribution is 1.94. The number of quaternary nitrogens is 3. The van der Waals surface area contributed by atoms with Gasteiger partial charge >= 0.3 is 0 Å². The van der Waals surface area contributed by atoms with Crippen LogP contribution in [0.4, 0.5) is 0 Å². The third kappa shape index (κ3) is 4.78. The van der Waals surface area contributed by atoms with Gasteiger partial charge in [0.15, 0.2) is 0 Å². The van der Waals surface area contributed by atoms with E-state index in [9.17, 15) is 0 Å². The molecule has 0 atom stereocenters. The normalized spacial score (nSPS) is 27.6. The first-order valence-electron chi connectivity index (χ1n) is 8.52. The molecule has 2 saturated heterocycles. The van der Waals surface area contributed by atoms with E-state index >= 15 is 0 Å². The Hall–Kier alpha value is -0.940. The van der Waals surface area contributed by atoms with E-state index < -0.39 is 0 Å². The van der Waals surface area contributed by atoms with Gasteiger partial charge < -0.3 is 19.4 Å². The smallest absolute Gasteiger partial charge is 0.127 e. The molecule has 21 heavy (non-hydrogen) atoms. The highest BCUT2D eigenvalue weighted by Gasteiger charge is 2.24. The van der Waals surface area contributed by atoms with Crippen LogP contribution < -0.4 is 14.7 Å². The highest BCUT2D eigenvalue weighted by atomic mass is 16.5. The minimum absolute atomic E-state index is 0.958. The molecular formula is C17H30N3O+3. The summed E-state index contributed by atoms with van der Waals surface area (Å²) >= 11 is 0. The fourth-order valence-electron chi connectivity index (χ4n) is 3.53. The molecule has 0 saturated carbocycles. The summed E-state index contributed by atoms with van der Waals surface area (Å²) in [7, 11) is 0. The summed E-state index contributed by atoms with van der Waals surface area (Å²) in [4.78, 5) is 5.31. The van der Waals surface area contributed by atoms with Gasteiger partial charge in [-0.05, 0) is 0 Å². The van der Waals surface area contributed by atoms with Crippen LogP contribution >= 0.6 is 0 Å². The predicted octanol–water partition coefficient (Wildman–Crippen LogP) is -3.11. The summed E-state index contributed by atoms with van der Waals surface area (Å²) in [6.07, 6.45) is 0. The molecule has 0 radical (unpaired) electrons. The van der Waals surface area contributed by atoms with E-state index in [4.69, 9.17) is 4.74 Å². The number of ether oxygens (including phenoxy) is 1. The largest absolute Gasteiger partial charge is 0.370 e. The molecule has 0 amide bonds. The Morgan fingerprint density at radius 3 is 1.95 bits per heavy atom. The van der Waals surface area contributed by atoms with Gasteiger partial charge in [-0.25, -0.2) is 0 Å².